The molecule has 114 valence electrons. The quantitative estimate of drug-likeness (QED) is 0.762. The second-order valence-electron chi connectivity index (χ2n) is 5.85. The van der Waals surface area contributed by atoms with Crippen molar-refractivity contribution in [1.82, 2.24) is 9.80 Å². The van der Waals surface area contributed by atoms with Crippen LogP contribution < -0.4 is 0 Å². The molecule has 0 aromatic carbocycles. The van der Waals surface area contributed by atoms with Crippen LogP contribution in [0.3, 0.4) is 0 Å². The summed E-state index contributed by atoms with van der Waals surface area (Å²) in [6.45, 7) is 2.07. The van der Waals surface area contributed by atoms with Gasteiger partial charge in [0.15, 0.2) is 0 Å². The Hall–Kier alpha value is -1.12. The minimum Gasteiger partial charge on any atom is -0.393 e. The Labute approximate surface area is 122 Å². The molecule has 1 aliphatic carbocycles. The van der Waals surface area contributed by atoms with Gasteiger partial charge in [0, 0.05) is 33.1 Å². The zero-order valence-corrected chi connectivity index (χ0v) is 12.7. The fourth-order valence-corrected chi connectivity index (χ4v) is 2.71. The molecule has 0 aromatic heterocycles. The summed E-state index contributed by atoms with van der Waals surface area (Å²) in [6.07, 6.45) is 5.00. The first-order valence-electron chi connectivity index (χ1n) is 7.52. The number of nitriles is 1. The molecule has 0 aliphatic heterocycles. The third-order valence-electron chi connectivity index (χ3n) is 4.11. The van der Waals surface area contributed by atoms with Gasteiger partial charge in [-0.2, -0.15) is 5.26 Å². The van der Waals surface area contributed by atoms with E-state index >= 15 is 0 Å². The van der Waals surface area contributed by atoms with Crippen LogP contribution >= 0.6 is 0 Å². The van der Waals surface area contributed by atoms with Crippen molar-refractivity contribution in [2.24, 2.45) is 5.92 Å². The Morgan fingerprint density at radius 3 is 2.65 bits per heavy atom. The molecule has 0 saturated heterocycles. The van der Waals surface area contributed by atoms with Crippen molar-refractivity contribution in [2.45, 2.75) is 44.6 Å². The zero-order valence-electron chi connectivity index (χ0n) is 12.7. The highest BCUT2D eigenvalue weighted by Gasteiger charge is 2.24. The highest BCUT2D eigenvalue weighted by molar-refractivity contribution is 5.76. The number of hydrogen-bond acceptors (Lipinski definition) is 4. The molecule has 5 nitrogen and oxygen atoms in total. The third kappa shape index (κ3) is 5.89. The molecule has 0 aromatic rings. The van der Waals surface area contributed by atoms with Gasteiger partial charge in [-0.05, 0) is 25.8 Å². The molecule has 1 fully saturated rings. The van der Waals surface area contributed by atoms with E-state index in [0.29, 0.717) is 31.8 Å². The van der Waals surface area contributed by atoms with Crippen molar-refractivity contribution in [3.8, 4) is 6.07 Å². The van der Waals surface area contributed by atoms with Gasteiger partial charge in [-0.3, -0.25) is 4.79 Å². The van der Waals surface area contributed by atoms with Gasteiger partial charge in [0.1, 0.15) is 0 Å². The predicted octanol–water partition coefficient (Wildman–Crippen LogP) is 1.23. The maximum Gasteiger partial charge on any atom is 0.223 e. The number of carbonyl (C=O) groups is 1. The van der Waals surface area contributed by atoms with E-state index in [1.165, 1.54) is 6.42 Å². The number of nitrogens with zero attached hydrogens (tertiary/aromatic N) is 3. The number of carbonyl (C=O) groups excluding carboxylic acids is 1. The van der Waals surface area contributed by atoms with E-state index in [4.69, 9.17) is 5.26 Å². The second kappa shape index (κ2) is 8.93. The fourth-order valence-electron chi connectivity index (χ4n) is 2.71. The number of rotatable bonds is 7. The largest absolute Gasteiger partial charge is 0.393 e. The molecule has 1 amide bonds. The highest BCUT2D eigenvalue weighted by atomic mass is 16.3. The van der Waals surface area contributed by atoms with Gasteiger partial charge in [-0.25, -0.2) is 0 Å². The van der Waals surface area contributed by atoms with Gasteiger partial charge in [0.05, 0.1) is 18.6 Å². The van der Waals surface area contributed by atoms with E-state index in [1.54, 1.807) is 11.9 Å². The average molecular weight is 281 g/mol. The molecule has 20 heavy (non-hydrogen) atoms. The summed E-state index contributed by atoms with van der Waals surface area (Å²) in [7, 11) is 3.74. The Morgan fingerprint density at radius 1 is 1.30 bits per heavy atom. The van der Waals surface area contributed by atoms with Gasteiger partial charge in [0.25, 0.3) is 0 Å². The SMILES string of the molecule is CN(CCC(=O)N(C)CCC#N)CC1CCCCC1O. The van der Waals surface area contributed by atoms with E-state index in [9.17, 15) is 9.90 Å². The number of aliphatic hydroxyl groups is 1. The van der Waals surface area contributed by atoms with Gasteiger partial charge in [0.2, 0.25) is 5.91 Å². The van der Waals surface area contributed by atoms with Crippen LogP contribution in [-0.4, -0.2) is 60.6 Å². The van der Waals surface area contributed by atoms with Crippen LogP contribution in [0.5, 0.6) is 0 Å². The summed E-state index contributed by atoms with van der Waals surface area (Å²) in [5.74, 6) is 0.427. The molecule has 1 aliphatic rings. The molecule has 1 N–H and O–H groups in total. The number of amides is 1. The van der Waals surface area contributed by atoms with Crippen molar-refractivity contribution in [1.29, 1.82) is 5.26 Å². The number of aliphatic hydroxyl groups excluding tert-OH is 1. The van der Waals surface area contributed by atoms with Crippen LogP contribution in [0.2, 0.25) is 0 Å². The van der Waals surface area contributed by atoms with Gasteiger partial charge < -0.3 is 14.9 Å². The molecule has 0 radical (unpaired) electrons. The summed E-state index contributed by atoms with van der Waals surface area (Å²) < 4.78 is 0. The van der Waals surface area contributed by atoms with E-state index < -0.39 is 0 Å². The zero-order chi connectivity index (χ0) is 15.0. The lowest BCUT2D eigenvalue weighted by Gasteiger charge is -2.31. The summed E-state index contributed by atoms with van der Waals surface area (Å²) in [4.78, 5) is 15.6. The van der Waals surface area contributed by atoms with Gasteiger partial charge in [-0.15, -0.1) is 0 Å². The van der Waals surface area contributed by atoms with Crippen LogP contribution in [0.25, 0.3) is 0 Å². The molecule has 1 rings (SSSR count). The lowest BCUT2D eigenvalue weighted by molar-refractivity contribution is -0.130. The van der Waals surface area contributed by atoms with Crippen LogP contribution in [0.4, 0.5) is 0 Å². The molecular formula is C15H27N3O2. The monoisotopic (exact) mass is 281 g/mol. The first-order valence-corrected chi connectivity index (χ1v) is 7.52. The van der Waals surface area contributed by atoms with Gasteiger partial charge in [-0.1, -0.05) is 12.8 Å². The molecule has 0 heterocycles. The van der Waals surface area contributed by atoms with Crippen LogP contribution in [0.15, 0.2) is 0 Å². The van der Waals surface area contributed by atoms with E-state index in [-0.39, 0.29) is 12.0 Å². The Morgan fingerprint density at radius 2 is 2.00 bits per heavy atom. The fraction of sp³-hybridized carbons (Fsp3) is 0.867. The normalized spacial score (nSPS) is 22.6. The lowest BCUT2D eigenvalue weighted by Crippen LogP contribution is -2.37. The van der Waals surface area contributed by atoms with Crippen molar-refractivity contribution >= 4 is 5.91 Å². The summed E-state index contributed by atoms with van der Waals surface area (Å²) in [5.41, 5.74) is 0. The summed E-state index contributed by atoms with van der Waals surface area (Å²) in [6, 6.07) is 2.05. The van der Waals surface area contributed by atoms with E-state index in [1.807, 2.05) is 13.1 Å². The van der Waals surface area contributed by atoms with E-state index in [2.05, 4.69) is 4.90 Å². The average Bonchev–Trinajstić information content (AvgIpc) is 2.44. The van der Waals surface area contributed by atoms with Crippen LogP contribution in [0, 0.1) is 17.2 Å². The standard InChI is InChI=1S/C15H27N3O2/c1-17(12-13-6-3-4-7-14(13)19)11-8-15(20)18(2)10-5-9-16/h13-14,19H,3-8,10-12H2,1-2H3. The lowest BCUT2D eigenvalue weighted by atomic mass is 9.86. The maximum absolute atomic E-state index is 11.9. The highest BCUT2D eigenvalue weighted by Crippen LogP contribution is 2.24. The Balaban J connectivity index is 2.23. The second-order valence-corrected chi connectivity index (χ2v) is 5.85. The van der Waals surface area contributed by atoms with Crippen LogP contribution in [0.1, 0.15) is 38.5 Å². The Bertz CT molecular complexity index is 341. The maximum atomic E-state index is 11.9. The predicted molar refractivity (Wildman–Crippen MR) is 77.9 cm³/mol. The third-order valence-corrected chi connectivity index (χ3v) is 4.11. The molecular weight excluding hydrogens is 254 g/mol. The van der Waals surface area contributed by atoms with Gasteiger partial charge >= 0.3 is 0 Å². The van der Waals surface area contributed by atoms with Crippen LogP contribution in [-0.2, 0) is 4.79 Å². The molecule has 2 unspecified atom stereocenters. The van der Waals surface area contributed by atoms with Crippen molar-refractivity contribution in [2.75, 3.05) is 33.7 Å². The molecule has 5 heteroatoms. The molecule has 0 spiro atoms. The first-order chi connectivity index (χ1) is 9.54. The van der Waals surface area contributed by atoms with Crippen molar-refractivity contribution in [3.05, 3.63) is 0 Å². The smallest absolute Gasteiger partial charge is 0.223 e. The summed E-state index contributed by atoms with van der Waals surface area (Å²) >= 11 is 0. The Kier molecular flexibility index (Phi) is 7.56. The number of hydrogen-bond donors (Lipinski definition) is 1. The van der Waals surface area contributed by atoms with Crippen molar-refractivity contribution < 1.29 is 9.90 Å². The minimum absolute atomic E-state index is 0.0799. The summed E-state index contributed by atoms with van der Waals surface area (Å²) in [5, 5.41) is 18.5. The molecule has 0 bridgehead atoms. The van der Waals surface area contributed by atoms with E-state index in [0.717, 1.165) is 25.8 Å². The topological polar surface area (TPSA) is 67.6 Å². The molecule has 2 atom stereocenters. The first kappa shape index (κ1) is 16.9. The molecule has 1 saturated carbocycles. The van der Waals surface area contributed by atoms with Crippen molar-refractivity contribution in [3.63, 3.8) is 0 Å². The minimum atomic E-state index is -0.180.